The number of benzene rings is 1. The lowest BCUT2D eigenvalue weighted by Gasteiger charge is -2.25. The Kier molecular flexibility index (Phi) is 4.39. The molecule has 0 aliphatic heterocycles. The first kappa shape index (κ1) is 16.9. The average molecular weight is 340 g/mol. The van der Waals surface area contributed by atoms with Crippen LogP contribution in [0, 0.1) is 13.8 Å². The second-order valence-corrected chi connectivity index (χ2v) is 6.00. The first-order valence-corrected chi connectivity index (χ1v) is 8.15. The number of fused-ring (bicyclic) bond motifs is 1. The molecule has 1 aromatic carbocycles. The smallest absolute Gasteiger partial charge is 0.267 e. The number of hydrogen-bond donors (Lipinski definition) is 0. The topological polar surface area (TPSA) is 81.2 Å². The van der Waals surface area contributed by atoms with Crippen molar-refractivity contribution in [3.63, 3.8) is 0 Å². The Bertz CT molecular complexity index is 989. The predicted molar refractivity (Wildman–Crippen MR) is 94.7 cm³/mol. The highest BCUT2D eigenvalue weighted by Gasteiger charge is 2.25. The lowest BCUT2D eigenvalue weighted by molar-refractivity contribution is -0.121. The lowest BCUT2D eigenvalue weighted by atomic mass is 10.2. The number of aryl methyl sites for hydroxylation is 2. The van der Waals surface area contributed by atoms with E-state index in [0.717, 1.165) is 11.3 Å². The second-order valence-electron chi connectivity index (χ2n) is 6.00. The number of carbonyl (C=O) groups excluding carboxylic acids is 1. The number of carbonyl (C=O) groups is 1. The number of likely N-dealkylation sites (N-methyl/N-ethyl adjacent to an activating group) is 1. The molecule has 0 N–H and O–H groups in total. The molecule has 0 aliphatic rings. The summed E-state index contributed by atoms with van der Waals surface area (Å²) in [6, 6.07) is 7.02. The zero-order chi connectivity index (χ0) is 18.1. The van der Waals surface area contributed by atoms with Gasteiger partial charge in [0.15, 0.2) is 0 Å². The number of amides is 1. The van der Waals surface area contributed by atoms with Crippen LogP contribution in [0.1, 0.15) is 31.1 Å². The molecule has 0 bridgehead atoms. The molecule has 7 heteroatoms. The van der Waals surface area contributed by atoms with Crippen molar-refractivity contribution in [2.75, 3.05) is 11.4 Å². The zero-order valence-corrected chi connectivity index (χ0v) is 14.7. The molecular formula is C18H20N4O3. The molecule has 0 radical (unpaired) electrons. The van der Waals surface area contributed by atoms with Crippen LogP contribution in [-0.4, -0.2) is 27.2 Å². The SMILES string of the molecule is CCN(C(=O)[C@@H](C)n1cnc2onc(C)c2c1=O)c1cccc(C)c1. The van der Waals surface area contributed by atoms with Gasteiger partial charge >= 0.3 is 0 Å². The van der Waals surface area contributed by atoms with Gasteiger partial charge in [0, 0.05) is 12.2 Å². The molecule has 3 rings (SSSR count). The summed E-state index contributed by atoms with van der Waals surface area (Å²) in [5.74, 6) is -0.176. The Balaban J connectivity index is 2.00. The minimum absolute atomic E-state index is 0.176. The summed E-state index contributed by atoms with van der Waals surface area (Å²) < 4.78 is 6.33. The minimum Gasteiger partial charge on any atom is -0.335 e. The maximum Gasteiger partial charge on any atom is 0.267 e. The standard InChI is InChI=1S/C18H20N4O3/c1-5-21(14-8-6-7-11(2)9-14)17(23)13(4)22-10-19-16-15(18(22)24)12(3)20-25-16/h6-10,13H,5H2,1-4H3/t13-/m1/s1. The van der Waals surface area contributed by atoms with Crippen molar-refractivity contribution >= 4 is 22.7 Å². The van der Waals surface area contributed by atoms with Crippen LogP contribution in [0.3, 0.4) is 0 Å². The third-order valence-electron chi connectivity index (χ3n) is 4.26. The molecule has 1 atom stereocenters. The molecule has 0 unspecified atom stereocenters. The van der Waals surface area contributed by atoms with E-state index in [0.29, 0.717) is 17.6 Å². The number of rotatable bonds is 4. The molecule has 7 nitrogen and oxygen atoms in total. The summed E-state index contributed by atoms with van der Waals surface area (Å²) >= 11 is 0. The molecule has 130 valence electrons. The molecule has 0 saturated heterocycles. The van der Waals surface area contributed by atoms with Crippen LogP contribution in [-0.2, 0) is 4.79 Å². The van der Waals surface area contributed by atoms with Crippen LogP contribution in [0.5, 0.6) is 0 Å². The summed E-state index contributed by atoms with van der Waals surface area (Å²) in [5.41, 5.74) is 2.20. The molecule has 3 aromatic rings. The van der Waals surface area contributed by atoms with E-state index in [2.05, 4.69) is 10.1 Å². The summed E-state index contributed by atoms with van der Waals surface area (Å²) in [4.78, 5) is 31.5. The molecule has 1 amide bonds. The Morgan fingerprint density at radius 3 is 2.80 bits per heavy atom. The van der Waals surface area contributed by atoms with Gasteiger partial charge in [-0.05, 0) is 45.4 Å². The fourth-order valence-corrected chi connectivity index (χ4v) is 2.87. The minimum atomic E-state index is -0.695. The number of aromatic nitrogens is 3. The maximum atomic E-state index is 13.0. The van der Waals surface area contributed by atoms with E-state index in [1.807, 2.05) is 38.1 Å². The second kappa shape index (κ2) is 6.51. The van der Waals surface area contributed by atoms with Crippen LogP contribution in [0.25, 0.3) is 11.1 Å². The van der Waals surface area contributed by atoms with Crippen molar-refractivity contribution in [3.8, 4) is 0 Å². The van der Waals surface area contributed by atoms with Crippen molar-refractivity contribution in [1.29, 1.82) is 0 Å². The molecule has 0 aliphatic carbocycles. The van der Waals surface area contributed by atoms with Crippen molar-refractivity contribution in [1.82, 2.24) is 14.7 Å². The van der Waals surface area contributed by atoms with Gasteiger partial charge in [0.2, 0.25) is 5.91 Å². The summed E-state index contributed by atoms with van der Waals surface area (Å²) in [6.45, 7) is 7.75. The van der Waals surface area contributed by atoms with Crippen LogP contribution >= 0.6 is 0 Å². The van der Waals surface area contributed by atoms with E-state index in [9.17, 15) is 9.59 Å². The van der Waals surface area contributed by atoms with Gasteiger partial charge in [-0.1, -0.05) is 17.3 Å². The van der Waals surface area contributed by atoms with Gasteiger partial charge in [-0.25, -0.2) is 4.98 Å². The van der Waals surface area contributed by atoms with Gasteiger partial charge in [0.25, 0.3) is 11.3 Å². The monoisotopic (exact) mass is 340 g/mol. The quantitative estimate of drug-likeness (QED) is 0.729. The van der Waals surface area contributed by atoms with Gasteiger partial charge in [-0.2, -0.15) is 0 Å². The highest BCUT2D eigenvalue weighted by atomic mass is 16.5. The molecule has 2 heterocycles. The maximum absolute atomic E-state index is 13.0. The fraction of sp³-hybridized carbons (Fsp3) is 0.333. The van der Waals surface area contributed by atoms with Gasteiger partial charge in [0.05, 0.1) is 5.69 Å². The Morgan fingerprint density at radius 2 is 2.12 bits per heavy atom. The third kappa shape index (κ3) is 2.93. The number of anilines is 1. The average Bonchev–Trinajstić information content (AvgIpc) is 2.97. The summed E-state index contributed by atoms with van der Waals surface area (Å²) in [6.07, 6.45) is 1.34. The van der Waals surface area contributed by atoms with Crippen LogP contribution in [0.2, 0.25) is 0 Å². The van der Waals surface area contributed by atoms with Gasteiger partial charge in [0.1, 0.15) is 17.8 Å². The van der Waals surface area contributed by atoms with E-state index in [4.69, 9.17) is 4.52 Å². The van der Waals surface area contributed by atoms with Gasteiger partial charge < -0.3 is 9.42 Å². The predicted octanol–water partition coefficient (Wildman–Crippen LogP) is 2.62. The van der Waals surface area contributed by atoms with Crippen molar-refractivity contribution in [2.45, 2.75) is 33.7 Å². The molecule has 0 spiro atoms. The highest BCUT2D eigenvalue weighted by molar-refractivity contribution is 5.96. The first-order valence-electron chi connectivity index (χ1n) is 8.15. The summed E-state index contributed by atoms with van der Waals surface area (Å²) in [5, 5.41) is 4.07. The third-order valence-corrected chi connectivity index (χ3v) is 4.26. The van der Waals surface area contributed by atoms with E-state index in [1.54, 1.807) is 18.7 Å². The van der Waals surface area contributed by atoms with Crippen molar-refractivity contribution in [2.24, 2.45) is 0 Å². The Hall–Kier alpha value is -2.96. The molecular weight excluding hydrogens is 320 g/mol. The number of nitrogens with zero attached hydrogens (tertiary/aromatic N) is 4. The van der Waals surface area contributed by atoms with Crippen LogP contribution in [0.15, 0.2) is 39.9 Å². The van der Waals surface area contributed by atoms with Gasteiger partial charge in [-0.3, -0.25) is 14.2 Å². The molecule has 0 fully saturated rings. The van der Waals surface area contributed by atoms with Crippen molar-refractivity contribution in [3.05, 3.63) is 52.2 Å². The molecule has 25 heavy (non-hydrogen) atoms. The normalized spacial score (nSPS) is 12.3. The Morgan fingerprint density at radius 1 is 1.36 bits per heavy atom. The Labute approximate surface area is 144 Å². The van der Waals surface area contributed by atoms with E-state index in [-0.39, 0.29) is 17.2 Å². The molecule has 2 aromatic heterocycles. The van der Waals surface area contributed by atoms with E-state index in [1.165, 1.54) is 10.9 Å². The van der Waals surface area contributed by atoms with Crippen LogP contribution < -0.4 is 10.5 Å². The summed E-state index contributed by atoms with van der Waals surface area (Å²) in [7, 11) is 0. The first-order chi connectivity index (χ1) is 11.9. The van der Waals surface area contributed by atoms with E-state index >= 15 is 0 Å². The van der Waals surface area contributed by atoms with Crippen LogP contribution in [0.4, 0.5) is 5.69 Å². The van der Waals surface area contributed by atoms with E-state index < -0.39 is 6.04 Å². The zero-order valence-electron chi connectivity index (χ0n) is 14.7. The molecule has 0 saturated carbocycles. The highest BCUT2D eigenvalue weighted by Crippen LogP contribution is 2.20. The largest absolute Gasteiger partial charge is 0.335 e. The van der Waals surface area contributed by atoms with Crippen molar-refractivity contribution < 1.29 is 9.32 Å². The fourth-order valence-electron chi connectivity index (χ4n) is 2.87. The number of hydrogen-bond acceptors (Lipinski definition) is 5. The lowest BCUT2D eigenvalue weighted by Crippen LogP contribution is -2.39. The van der Waals surface area contributed by atoms with Gasteiger partial charge in [-0.15, -0.1) is 0 Å².